The van der Waals surface area contributed by atoms with Crippen LogP contribution in [0.3, 0.4) is 0 Å². The Morgan fingerprint density at radius 2 is 2.18 bits per heavy atom. The fourth-order valence-electron chi connectivity index (χ4n) is 3.60. The summed E-state index contributed by atoms with van der Waals surface area (Å²) >= 11 is 0. The number of fused-ring (bicyclic) bond motifs is 3. The number of nitrogens with two attached hydrogens (primary N) is 1. The molecule has 92 valence electrons. The van der Waals surface area contributed by atoms with Crippen molar-refractivity contribution in [1.29, 1.82) is 0 Å². The molecular formula is C15H21NO. The van der Waals surface area contributed by atoms with Gasteiger partial charge in [-0.25, -0.2) is 0 Å². The van der Waals surface area contributed by atoms with Crippen LogP contribution in [-0.2, 0) is 6.42 Å². The summed E-state index contributed by atoms with van der Waals surface area (Å²) in [5, 5.41) is 10.3. The molecule has 0 bridgehead atoms. The Morgan fingerprint density at radius 3 is 2.94 bits per heavy atom. The molecule has 1 fully saturated rings. The van der Waals surface area contributed by atoms with Crippen LogP contribution < -0.4 is 5.73 Å². The fourth-order valence-corrected chi connectivity index (χ4v) is 3.60. The molecule has 0 spiro atoms. The normalized spacial score (nSPS) is 33.5. The highest BCUT2D eigenvalue weighted by Crippen LogP contribution is 2.61. The molecule has 1 saturated carbocycles. The predicted octanol–water partition coefficient (Wildman–Crippen LogP) is 1.92. The molecule has 0 amide bonds. The zero-order valence-electron chi connectivity index (χ0n) is 10.3. The van der Waals surface area contributed by atoms with Gasteiger partial charge in [0.1, 0.15) is 0 Å². The highest BCUT2D eigenvalue weighted by atomic mass is 16.3. The van der Waals surface area contributed by atoms with E-state index in [0.717, 1.165) is 0 Å². The van der Waals surface area contributed by atoms with Gasteiger partial charge in [-0.3, -0.25) is 0 Å². The van der Waals surface area contributed by atoms with Crippen molar-refractivity contribution in [3.8, 4) is 0 Å². The van der Waals surface area contributed by atoms with Crippen LogP contribution in [-0.4, -0.2) is 17.8 Å². The minimum atomic E-state index is -0.221. The number of aliphatic hydroxyl groups excluding tert-OH is 1. The van der Waals surface area contributed by atoms with Crippen LogP contribution >= 0.6 is 0 Å². The Bertz CT molecular complexity index is 417. The number of hydrogen-bond donors (Lipinski definition) is 2. The molecule has 1 aromatic rings. The van der Waals surface area contributed by atoms with Gasteiger partial charge in [-0.05, 0) is 54.2 Å². The summed E-state index contributed by atoms with van der Waals surface area (Å²) in [6.45, 7) is 2.64. The molecule has 1 aromatic carbocycles. The highest BCUT2D eigenvalue weighted by Gasteiger charge is 2.56. The van der Waals surface area contributed by atoms with E-state index in [2.05, 4.69) is 31.2 Å². The Hall–Kier alpha value is -0.860. The van der Waals surface area contributed by atoms with Crippen LogP contribution in [0.25, 0.3) is 0 Å². The van der Waals surface area contributed by atoms with E-state index in [1.807, 2.05) is 0 Å². The van der Waals surface area contributed by atoms with Gasteiger partial charge in [0.25, 0.3) is 0 Å². The summed E-state index contributed by atoms with van der Waals surface area (Å²) in [5.41, 5.74) is 8.64. The number of hydrogen-bond acceptors (Lipinski definition) is 2. The van der Waals surface area contributed by atoms with Gasteiger partial charge in [0.15, 0.2) is 0 Å². The van der Waals surface area contributed by atoms with E-state index in [-0.39, 0.29) is 12.0 Å². The zero-order chi connectivity index (χ0) is 12.0. The molecule has 2 nitrogen and oxygen atoms in total. The molecule has 0 heterocycles. The number of rotatable bonds is 3. The fraction of sp³-hybridized carbons (Fsp3) is 0.600. The predicted molar refractivity (Wildman–Crippen MR) is 68.7 cm³/mol. The van der Waals surface area contributed by atoms with Crippen LogP contribution in [0.1, 0.15) is 30.4 Å². The van der Waals surface area contributed by atoms with Crippen LogP contribution in [0.15, 0.2) is 24.3 Å². The van der Waals surface area contributed by atoms with Gasteiger partial charge in [-0.2, -0.15) is 0 Å². The van der Waals surface area contributed by atoms with Crippen molar-refractivity contribution in [3.63, 3.8) is 0 Å². The second kappa shape index (κ2) is 4.11. The summed E-state index contributed by atoms with van der Waals surface area (Å²) in [6.07, 6.45) is 2.19. The largest absolute Gasteiger partial charge is 0.392 e. The lowest BCUT2D eigenvalue weighted by molar-refractivity contribution is 0.0914. The van der Waals surface area contributed by atoms with Crippen molar-refractivity contribution >= 4 is 0 Å². The summed E-state index contributed by atoms with van der Waals surface area (Å²) in [6, 6.07) is 8.72. The first-order valence-corrected chi connectivity index (χ1v) is 6.70. The van der Waals surface area contributed by atoms with Crippen molar-refractivity contribution in [3.05, 3.63) is 35.4 Å². The van der Waals surface area contributed by atoms with Crippen LogP contribution in [0.2, 0.25) is 0 Å². The van der Waals surface area contributed by atoms with Crippen molar-refractivity contribution in [2.45, 2.75) is 31.8 Å². The Morgan fingerprint density at radius 1 is 1.41 bits per heavy atom. The van der Waals surface area contributed by atoms with Crippen LogP contribution in [0.5, 0.6) is 0 Å². The van der Waals surface area contributed by atoms with Crippen molar-refractivity contribution in [2.75, 3.05) is 6.54 Å². The van der Waals surface area contributed by atoms with Gasteiger partial charge < -0.3 is 10.8 Å². The molecule has 2 aliphatic carbocycles. The van der Waals surface area contributed by atoms with E-state index in [1.54, 1.807) is 0 Å². The molecule has 0 saturated heterocycles. The molecule has 3 N–H and O–H groups in total. The first kappa shape index (κ1) is 11.2. The van der Waals surface area contributed by atoms with E-state index in [4.69, 9.17) is 5.73 Å². The van der Waals surface area contributed by atoms with Crippen LogP contribution in [0.4, 0.5) is 0 Å². The molecule has 5 atom stereocenters. The topological polar surface area (TPSA) is 46.2 Å². The molecule has 2 aliphatic rings. The van der Waals surface area contributed by atoms with E-state index < -0.39 is 0 Å². The standard InChI is InChI=1S/C15H21NO/c1-9(8-16)15(17)14-12-7-6-10-4-2-3-5-11(10)13(12)14/h2-5,9,12-15,17H,6-8,16H2,1H3. The van der Waals surface area contributed by atoms with Gasteiger partial charge in [0.05, 0.1) is 6.10 Å². The lowest BCUT2D eigenvalue weighted by Crippen LogP contribution is -2.27. The van der Waals surface area contributed by atoms with Gasteiger partial charge in [0.2, 0.25) is 0 Å². The molecular weight excluding hydrogens is 210 g/mol. The third kappa shape index (κ3) is 1.71. The summed E-state index contributed by atoms with van der Waals surface area (Å²) < 4.78 is 0. The van der Waals surface area contributed by atoms with Gasteiger partial charge >= 0.3 is 0 Å². The third-order valence-electron chi connectivity index (χ3n) is 4.74. The SMILES string of the molecule is CC(CN)C(O)C1C2CCc3ccccc3C21. The van der Waals surface area contributed by atoms with Crippen molar-refractivity contribution in [1.82, 2.24) is 0 Å². The first-order valence-electron chi connectivity index (χ1n) is 6.70. The first-order chi connectivity index (χ1) is 8.24. The van der Waals surface area contributed by atoms with E-state index >= 15 is 0 Å². The average Bonchev–Trinajstić information content (AvgIpc) is 3.11. The van der Waals surface area contributed by atoms with Gasteiger partial charge in [-0.15, -0.1) is 0 Å². The summed E-state index contributed by atoms with van der Waals surface area (Å²) in [4.78, 5) is 0. The molecule has 0 aliphatic heterocycles. The molecule has 0 aromatic heterocycles. The maximum atomic E-state index is 10.3. The van der Waals surface area contributed by atoms with Crippen LogP contribution in [0, 0.1) is 17.8 Å². The van der Waals surface area contributed by atoms with Crippen molar-refractivity contribution in [2.24, 2.45) is 23.5 Å². The molecule has 2 heteroatoms. The Balaban J connectivity index is 1.82. The second-order valence-electron chi connectivity index (χ2n) is 5.71. The number of aliphatic hydroxyl groups is 1. The Labute approximate surface area is 103 Å². The lowest BCUT2D eigenvalue weighted by Gasteiger charge is -2.17. The average molecular weight is 231 g/mol. The minimum Gasteiger partial charge on any atom is -0.392 e. The Kier molecular flexibility index (Phi) is 2.72. The monoisotopic (exact) mass is 231 g/mol. The quantitative estimate of drug-likeness (QED) is 0.835. The zero-order valence-corrected chi connectivity index (χ0v) is 10.3. The minimum absolute atomic E-state index is 0.220. The maximum Gasteiger partial charge on any atom is 0.0614 e. The molecule has 17 heavy (non-hydrogen) atoms. The molecule has 5 unspecified atom stereocenters. The number of aryl methyl sites for hydroxylation is 1. The summed E-state index contributed by atoms with van der Waals surface area (Å²) in [7, 11) is 0. The van der Waals surface area contributed by atoms with E-state index in [1.165, 1.54) is 24.0 Å². The second-order valence-corrected chi connectivity index (χ2v) is 5.71. The molecule has 3 rings (SSSR count). The highest BCUT2D eigenvalue weighted by molar-refractivity contribution is 5.39. The molecule has 0 radical (unpaired) electrons. The lowest BCUT2D eigenvalue weighted by atomic mass is 9.92. The summed E-state index contributed by atoms with van der Waals surface area (Å²) in [5.74, 6) is 1.98. The van der Waals surface area contributed by atoms with Crippen molar-refractivity contribution < 1.29 is 5.11 Å². The van der Waals surface area contributed by atoms with Gasteiger partial charge in [-0.1, -0.05) is 31.2 Å². The van der Waals surface area contributed by atoms with E-state index in [0.29, 0.717) is 24.3 Å². The smallest absolute Gasteiger partial charge is 0.0614 e. The van der Waals surface area contributed by atoms with E-state index in [9.17, 15) is 5.11 Å². The van der Waals surface area contributed by atoms with Gasteiger partial charge in [0, 0.05) is 0 Å². The maximum absolute atomic E-state index is 10.3. The number of benzene rings is 1. The third-order valence-corrected chi connectivity index (χ3v) is 4.74.